The van der Waals surface area contributed by atoms with Gasteiger partial charge in [0.15, 0.2) is 5.82 Å². The van der Waals surface area contributed by atoms with E-state index in [0.717, 1.165) is 18.9 Å². The molecule has 0 amide bonds. The number of nitrogens with zero attached hydrogens (tertiary/aromatic N) is 6. The molecule has 0 N–H and O–H groups in total. The summed E-state index contributed by atoms with van der Waals surface area (Å²) in [5, 5.41) is 8.15. The number of hydrogen-bond acceptors (Lipinski definition) is 7. The third-order valence-corrected chi connectivity index (χ3v) is 3.42. The van der Waals surface area contributed by atoms with Crippen molar-refractivity contribution in [2.75, 3.05) is 19.7 Å². The molecule has 1 saturated heterocycles. The van der Waals surface area contributed by atoms with E-state index in [2.05, 4.69) is 25.1 Å². The summed E-state index contributed by atoms with van der Waals surface area (Å²) in [7, 11) is 0. The van der Waals surface area contributed by atoms with Crippen molar-refractivity contribution in [3.05, 3.63) is 24.4 Å². The second kappa shape index (κ2) is 6.31. The van der Waals surface area contributed by atoms with Crippen LogP contribution in [0.4, 0.5) is 0 Å². The average Bonchev–Trinajstić information content (AvgIpc) is 3.11. The van der Waals surface area contributed by atoms with Crippen LogP contribution in [0.15, 0.2) is 17.2 Å². The second-order valence-corrected chi connectivity index (χ2v) is 5.55. The van der Waals surface area contributed by atoms with Crippen molar-refractivity contribution in [2.24, 2.45) is 0 Å². The fourth-order valence-electron chi connectivity index (χ4n) is 2.34. The molecule has 114 valence electrons. The van der Waals surface area contributed by atoms with E-state index in [9.17, 15) is 0 Å². The SMILES string of the molecule is CC(C)c1nc(CN2CCO[C@H](Cn3cncn3)C2)no1. The molecule has 1 atom stereocenters. The molecule has 0 saturated carbocycles. The Morgan fingerprint density at radius 2 is 2.33 bits per heavy atom. The molecule has 0 unspecified atom stereocenters. The maximum absolute atomic E-state index is 5.77. The first-order valence-corrected chi connectivity index (χ1v) is 7.19. The van der Waals surface area contributed by atoms with Crippen LogP contribution in [-0.2, 0) is 17.8 Å². The summed E-state index contributed by atoms with van der Waals surface area (Å²) >= 11 is 0. The summed E-state index contributed by atoms with van der Waals surface area (Å²) in [6.07, 6.45) is 3.35. The summed E-state index contributed by atoms with van der Waals surface area (Å²) in [4.78, 5) is 10.6. The molecule has 0 bridgehead atoms. The number of ether oxygens (including phenoxy) is 1. The fourth-order valence-corrected chi connectivity index (χ4v) is 2.34. The van der Waals surface area contributed by atoms with Crippen molar-refractivity contribution in [3.8, 4) is 0 Å². The molecule has 3 rings (SSSR count). The topological polar surface area (TPSA) is 82.1 Å². The highest BCUT2D eigenvalue weighted by atomic mass is 16.5. The van der Waals surface area contributed by atoms with Gasteiger partial charge in [0.05, 0.1) is 25.8 Å². The Hall–Kier alpha value is -1.80. The van der Waals surface area contributed by atoms with Crippen LogP contribution in [-0.4, -0.2) is 55.6 Å². The second-order valence-electron chi connectivity index (χ2n) is 5.55. The van der Waals surface area contributed by atoms with Crippen LogP contribution in [0.5, 0.6) is 0 Å². The Bertz CT molecular complexity index is 553. The lowest BCUT2D eigenvalue weighted by molar-refractivity contribution is -0.0411. The minimum atomic E-state index is 0.108. The first-order chi connectivity index (χ1) is 10.2. The number of morpholine rings is 1. The zero-order chi connectivity index (χ0) is 14.7. The summed E-state index contributed by atoms with van der Waals surface area (Å²) in [6.45, 7) is 7.88. The van der Waals surface area contributed by atoms with E-state index in [0.29, 0.717) is 25.6 Å². The van der Waals surface area contributed by atoms with Crippen LogP contribution in [0.25, 0.3) is 0 Å². The molecule has 0 aliphatic carbocycles. The fraction of sp³-hybridized carbons (Fsp3) is 0.692. The minimum absolute atomic E-state index is 0.108. The molecule has 1 fully saturated rings. The van der Waals surface area contributed by atoms with Gasteiger partial charge < -0.3 is 9.26 Å². The summed E-state index contributed by atoms with van der Waals surface area (Å²) < 4.78 is 12.8. The predicted octanol–water partition coefficient (Wildman–Crippen LogP) is 0.685. The molecular weight excluding hydrogens is 272 g/mol. The number of aromatic nitrogens is 5. The molecule has 1 aliphatic rings. The zero-order valence-electron chi connectivity index (χ0n) is 12.3. The van der Waals surface area contributed by atoms with Crippen molar-refractivity contribution in [3.63, 3.8) is 0 Å². The van der Waals surface area contributed by atoms with Gasteiger partial charge in [-0.3, -0.25) is 9.58 Å². The largest absolute Gasteiger partial charge is 0.374 e. The van der Waals surface area contributed by atoms with Gasteiger partial charge in [-0.2, -0.15) is 10.1 Å². The molecule has 8 heteroatoms. The summed E-state index contributed by atoms with van der Waals surface area (Å²) in [5.74, 6) is 1.69. The number of rotatable bonds is 5. The molecule has 2 aromatic rings. The minimum Gasteiger partial charge on any atom is -0.374 e. The quantitative estimate of drug-likeness (QED) is 0.801. The van der Waals surface area contributed by atoms with Gasteiger partial charge in [-0.25, -0.2) is 4.98 Å². The Morgan fingerprint density at radius 1 is 1.43 bits per heavy atom. The van der Waals surface area contributed by atoms with Gasteiger partial charge >= 0.3 is 0 Å². The lowest BCUT2D eigenvalue weighted by atomic mass is 10.2. The first kappa shape index (κ1) is 14.2. The monoisotopic (exact) mass is 292 g/mol. The van der Waals surface area contributed by atoms with Crippen LogP contribution in [0.3, 0.4) is 0 Å². The highest BCUT2D eigenvalue weighted by Gasteiger charge is 2.23. The summed E-state index contributed by atoms with van der Waals surface area (Å²) in [6, 6.07) is 0. The Morgan fingerprint density at radius 3 is 3.05 bits per heavy atom. The zero-order valence-corrected chi connectivity index (χ0v) is 12.3. The van der Waals surface area contributed by atoms with Gasteiger partial charge in [0, 0.05) is 19.0 Å². The van der Waals surface area contributed by atoms with E-state index < -0.39 is 0 Å². The molecular formula is C13H20N6O2. The Balaban J connectivity index is 1.55. The van der Waals surface area contributed by atoms with Crippen molar-refractivity contribution in [2.45, 2.75) is 39.0 Å². The molecule has 0 spiro atoms. The van der Waals surface area contributed by atoms with E-state index in [1.165, 1.54) is 6.33 Å². The van der Waals surface area contributed by atoms with Crippen molar-refractivity contribution < 1.29 is 9.26 Å². The highest BCUT2D eigenvalue weighted by Crippen LogP contribution is 2.14. The molecule has 3 heterocycles. The highest BCUT2D eigenvalue weighted by molar-refractivity contribution is 4.91. The Kier molecular flexibility index (Phi) is 4.26. The van der Waals surface area contributed by atoms with Crippen molar-refractivity contribution >= 4 is 0 Å². The molecule has 2 aromatic heterocycles. The van der Waals surface area contributed by atoms with Gasteiger partial charge in [0.25, 0.3) is 0 Å². The predicted molar refractivity (Wildman–Crippen MR) is 73.4 cm³/mol. The third-order valence-electron chi connectivity index (χ3n) is 3.42. The van der Waals surface area contributed by atoms with Gasteiger partial charge in [-0.1, -0.05) is 19.0 Å². The Labute approximate surface area is 123 Å². The van der Waals surface area contributed by atoms with Crippen molar-refractivity contribution in [1.29, 1.82) is 0 Å². The lowest BCUT2D eigenvalue weighted by Crippen LogP contribution is -2.43. The maximum atomic E-state index is 5.77. The van der Waals surface area contributed by atoms with E-state index in [4.69, 9.17) is 9.26 Å². The van der Waals surface area contributed by atoms with Crippen LogP contribution < -0.4 is 0 Å². The molecule has 1 aliphatic heterocycles. The van der Waals surface area contributed by atoms with Crippen LogP contribution >= 0.6 is 0 Å². The van der Waals surface area contributed by atoms with E-state index in [1.807, 2.05) is 13.8 Å². The molecule has 8 nitrogen and oxygen atoms in total. The van der Waals surface area contributed by atoms with Crippen LogP contribution in [0.2, 0.25) is 0 Å². The average molecular weight is 292 g/mol. The van der Waals surface area contributed by atoms with E-state index in [1.54, 1.807) is 11.0 Å². The van der Waals surface area contributed by atoms with Gasteiger partial charge in [0.2, 0.25) is 5.89 Å². The lowest BCUT2D eigenvalue weighted by Gasteiger charge is -2.31. The van der Waals surface area contributed by atoms with Gasteiger partial charge in [0.1, 0.15) is 12.7 Å². The van der Waals surface area contributed by atoms with Crippen molar-refractivity contribution in [1.82, 2.24) is 29.8 Å². The standard InChI is InChI=1S/C13H20N6O2/c1-10(2)13-16-12(17-21-13)7-18-3-4-20-11(5-18)6-19-9-14-8-15-19/h8-11H,3-7H2,1-2H3/t11-/m0/s1. The van der Waals surface area contributed by atoms with E-state index in [-0.39, 0.29) is 12.0 Å². The van der Waals surface area contributed by atoms with Crippen LogP contribution in [0, 0.1) is 0 Å². The first-order valence-electron chi connectivity index (χ1n) is 7.19. The maximum Gasteiger partial charge on any atom is 0.229 e. The van der Waals surface area contributed by atoms with Gasteiger partial charge in [-0.15, -0.1) is 0 Å². The summed E-state index contributed by atoms with van der Waals surface area (Å²) in [5.41, 5.74) is 0. The number of hydrogen-bond donors (Lipinski definition) is 0. The molecule has 21 heavy (non-hydrogen) atoms. The van der Waals surface area contributed by atoms with Crippen LogP contribution in [0.1, 0.15) is 31.5 Å². The van der Waals surface area contributed by atoms with E-state index >= 15 is 0 Å². The smallest absolute Gasteiger partial charge is 0.229 e. The van der Waals surface area contributed by atoms with Gasteiger partial charge in [-0.05, 0) is 0 Å². The molecule has 0 radical (unpaired) electrons. The molecule has 0 aromatic carbocycles. The normalized spacial score (nSPS) is 20.2. The third kappa shape index (κ3) is 3.64.